The molecule has 1 unspecified atom stereocenters. The Labute approximate surface area is 87.1 Å². The summed E-state index contributed by atoms with van der Waals surface area (Å²) >= 11 is 0. The third-order valence-electron chi connectivity index (χ3n) is 2.26. The van der Waals surface area contributed by atoms with E-state index in [4.69, 9.17) is 15.2 Å². The quantitative estimate of drug-likeness (QED) is 0.753. The molecule has 0 aliphatic carbocycles. The van der Waals surface area contributed by atoms with Crippen molar-refractivity contribution >= 4 is 6.02 Å². The first-order valence-electron chi connectivity index (χ1n) is 4.53. The number of nitrogens with two attached hydrogens (primary N) is 1. The molecule has 0 amide bonds. The highest BCUT2D eigenvalue weighted by molar-refractivity contribution is 5.73. The molecule has 0 spiro atoms. The highest BCUT2D eigenvalue weighted by atomic mass is 16.5. The molecule has 0 bridgehead atoms. The van der Waals surface area contributed by atoms with E-state index in [1.807, 2.05) is 6.07 Å². The minimum atomic E-state index is -0.137. The summed E-state index contributed by atoms with van der Waals surface area (Å²) < 4.78 is 9.97. The lowest BCUT2D eigenvalue weighted by Crippen LogP contribution is -2.10. The number of phenolic OH excluding ortho intramolecular Hbond substituents is 1. The molecular weight excluding hydrogens is 196 g/mol. The molecule has 3 N–H and O–H groups in total. The van der Waals surface area contributed by atoms with E-state index in [1.165, 1.54) is 7.11 Å². The Balaban J connectivity index is 2.27. The molecule has 5 heteroatoms. The van der Waals surface area contributed by atoms with Crippen molar-refractivity contribution in [3.8, 4) is 11.5 Å². The van der Waals surface area contributed by atoms with Crippen LogP contribution in [0.15, 0.2) is 23.2 Å². The first-order chi connectivity index (χ1) is 7.20. The summed E-state index contributed by atoms with van der Waals surface area (Å²) in [6, 6.07) is 5.18. The third-order valence-corrected chi connectivity index (χ3v) is 2.26. The van der Waals surface area contributed by atoms with Gasteiger partial charge in [-0.05, 0) is 17.7 Å². The number of amidine groups is 1. The zero-order valence-electron chi connectivity index (χ0n) is 8.30. The van der Waals surface area contributed by atoms with Gasteiger partial charge < -0.3 is 20.3 Å². The van der Waals surface area contributed by atoms with Crippen LogP contribution in [0.5, 0.6) is 11.5 Å². The lowest BCUT2D eigenvalue weighted by Gasteiger charge is -2.08. The number of phenols is 1. The van der Waals surface area contributed by atoms with Crippen molar-refractivity contribution in [3.63, 3.8) is 0 Å². The molecule has 80 valence electrons. The van der Waals surface area contributed by atoms with Gasteiger partial charge in [-0.3, -0.25) is 0 Å². The van der Waals surface area contributed by atoms with Gasteiger partial charge in [-0.15, -0.1) is 0 Å². The molecule has 1 aliphatic rings. The number of nitrogens with zero attached hydrogens (tertiary/aromatic N) is 1. The Bertz CT molecular complexity index is 404. The summed E-state index contributed by atoms with van der Waals surface area (Å²) in [5.41, 5.74) is 6.25. The number of aromatic hydroxyl groups is 1. The van der Waals surface area contributed by atoms with Gasteiger partial charge in [0.2, 0.25) is 0 Å². The maximum absolute atomic E-state index is 9.57. The van der Waals surface area contributed by atoms with Crippen molar-refractivity contribution in [2.75, 3.05) is 13.7 Å². The Morgan fingerprint density at radius 1 is 1.60 bits per heavy atom. The summed E-state index contributed by atoms with van der Waals surface area (Å²) in [5.74, 6) is 0.533. The van der Waals surface area contributed by atoms with Crippen molar-refractivity contribution < 1.29 is 14.6 Å². The Hall–Kier alpha value is -1.91. The molecule has 15 heavy (non-hydrogen) atoms. The Morgan fingerprint density at radius 3 is 2.93 bits per heavy atom. The van der Waals surface area contributed by atoms with E-state index in [2.05, 4.69) is 4.99 Å². The fraction of sp³-hybridized carbons (Fsp3) is 0.300. The molecule has 0 saturated heterocycles. The van der Waals surface area contributed by atoms with Crippen LogP contribution in [0.3, 0.4) is 0 Å². The molecule has 1 heterocycles. The standard InChI is InChI=1S/C10H12N2O3/c1-14-9-3-2-6(4-8(9)13)7-5-15-10(11)12-7/h2-4,7,13H,5H2,1H3,(H2,11,12). The Morgan fingerprint density at radius 2 is 2.40 bits per heavy atom. The smallest absolute Gasteiger partial charge is 0.282 e. The maximum Gasteiger partial charge on any atom is 0.282 e. The number of benzene rings is 1. The van der Waals surface area contributed by atoms with Gasteiger partial charge in [0.1, 0.15) is 12.6 Å². The van der Waals surface area contributed by atoms with E-state index in [9.17, 15) is 5.11 Å². The van der Waals surface area contributed by atoms with Crippen LogP contribution in [0.4, 0.5) is 0 Å². The molecule has 5 nitrogen and oxygen atoms in total. The van der Waals surface area contributed by atoms with Crippen molar-refractivity contribution in [1.82, 2.24) is 0 Å². The van der Waals surface area contributed by atoms with Crippen LogP contribution in [-0.2, 0) is 4.74 Å². The van der Waals surface area contributed by atoms with E-state index in [1.54, 1.807) is 12.1 Å². The number of hydrogen-bond donors (Lipinski definition) is 2. The lowest BCUT2D eigenvalue weighted by atomic mass is 10.1. The van der Waals surface area contributed by atoms with E-state index in [0.717, 1.165) is 5.56 Å². The van der Waals surface area contributed by atoms with E-state index < -0.39 is 0 Å². The van der Waals surface area contributed by atoms with Gasteiger partial charge in [-0.2, -0.15) is 0 Å². The minimum Gasteiger partial charge on any atom is -0.504 e. The van der Waals surface area contributed by atoms with Crippen LogP contribution in [0, 0.1) is 0 Å². The molecule has 1 atom stereocenters. The lowest BCUT2D eigenvalue weighted by molar-refractivity contribution is 0.314. The predicted octanol–water partition coefficient (Wildman–Crippen LogP) is 0.787. The SMILES string of the molecule is COc1ccc(C2COC(N)=N2)cc1O. The molecule has 1 aromatic carbocycles. The highest BCUT2D eigenvalue weighted by Gasteiger charge is 2.19. The van der Waals surface area contributed by atoms with Crippen LogP contribution in [0.25, 0.3) is 0 Å². The molecule has 2 rings (SSSR count). The van der Waals surface area contributed by atoms with Gasteiger partial charge >= 0.3 is 0 Å². The normalized spacial score (nSPS) is 19.5. The van der Waals surface area contributed by atoms with Gasteiger partial charge in [0.15, 0.2) is 11.5 Å². The number of methoxy groups -OCH3 is 1. The van der Waals surface area contributed by atoms with E-state index in [-0.39, 0.29) is 17.8 Å². The molecule has 0 aromatic heterocycles. The number of rotatable bonds is 2. The maximum atomic E-state index is 9.57. The second-order valence-corrected chi connectivity index (χ2v) is 3.23. The first kappa shape index (κ1) is 9.64. The topological polar surface area (TPSA) is 77.1 Å². The largest absolute Gasteiger partial charge is 0.504 e. The fourth-order valence-corrected chi connectivity index (χ4v) is 1.48. The zero-order chi connectivity index (χ0) is 10.8. The number of hydrogen-bond acceptors (Lipinski definition) is 5. The third kappa shape index (κ3) is 1.81. The Kier molecular flexibility index (Phi) is 2.37. The van der Waals surface area contributed by atoms with Crippen LogP contribution in [0.1, 0.15) is 11.6 Å². The molecule has 0 fully saturated rings. The van der Waals surface area contributed by atoms with E-state index >= 15 is 0 Å². The molecule has 0 radical (unpaired) electrons. The highest BCUT2D eigenvalue weighted by Crippen LogP contribution is 2.31. The van der Waals surface area contributed by atoms with Crippen LogP contribution in [0.2, 0.25) is 0 Å². The summed E-state index contributed by atoms with van der Waals surface area (Å²) in [5, 5.41) is 9.57. The van der Waals surface area contributed by atoms with E-state index in [0.29, 0.717) is 12.4 Å². The van der Waals surface area contributed by atoms with Gasteiger partial charge in [-0.25, -0.2) is 4.99 Å². The van der Waals surface area contributed by atoms with Crippen LogP contribution in [-0.4, -0.2) is 24.8 Å². The average molecular weight is 208 g/mol. The van der Waals surface area contributed by atoms with Crippen molar-refractivity contribution in [1.29, 1.82) is 0 Å². The molecular formula is C10H12N2O3. The first-order valence-corrected chi connectivity index (χ1v) is 4.53. The summed E-state index contributed by atoms with van der Waals surface area (Å²) in [7, 11) is 1.50. The minimum absolute atomic E-state index is 0.0932. The summed E-state index contributed by atoms with van der Waals surface area (Å²) in [4.78, 5) is 4.08. The fourth-order valence-electron chi connectivity index (χ4n) is 1.48. The van der Waals surface area contributed by atoms with Crippen LogP contribution >= 0.6 is 0 Å². The molecule has 1 aliphatic heterocycles. The van der Waals surface area contributed by atoms with Crippen molar-refractivity contribution in [2.45, 2.75) is 6.04 Å². The van der Waals surface area contributed by atoms with Gasteiger partial charge in [0.25, 0.3) is 6.02 Å². The monoisotopic (exact) mass is 208 g/mol. The molecule has 0 saturated carbocycles. The second kappa shape index (κ2) is 3.68. The second-order valence-electron chi connectivity index (χ2n) is 3.23. The van der Waals surface area contributed by atoms with Crippen molar-refractivity contribution in [3.05, 3.63) is 23.8 Å². The summed E-state index contributed by atoms with van der Waals surface area (Å²) in [6.45, 7) is 0.414. The average Bonchev–Trinajstić information content (AvgIpc) is 2.65. The number of aliphatic imine (C=N–C) groups is 1. The van der Waals surface area contributed by atoms with Gasteiger partial charge in [-0.1, -0.05) is 6.07 Å². The zero-order valence-corrected chi connectivity index (χ0v) is 8.30. The molecule has 1 aromatic rings. The number of ether oxygens (including phenoxy) is 2. The van der Waals surface area contributed by atoms with Crippen molar-refractivity contribution in [2.24, 2.45) is 10.7 Å². The summed E-state index contributed by atoms with van der Waals surface area (Å²) in [6.07, 6.45) is 0. The predicted molar refractivity (Wildman–Crippen MR) is 55.0 cm³/mol. The van der Waals surface area contributed by atoms with Gasteiger partial charge in [0.05, 0.1) is 7.11 Å². The van der Waals surface area contributed by atoms with Gasteiger partial charge in [0, 0.05) is 0 Å². The van der Waals surface area contributed by atoms with Crippen LogP contribution < -0.4 is 10.5 Å².